The second-order valence-corrected chi connectivity index (χ2v) is 5.60. The Balaban J connectivity index is 2.02. The molecule has 2 rings (SSSR count). The quantitative estimate of drug-likeness (QED) is 0.863. The zero-order valence-electron chi connectivity index (χ0n) is 11.1. The Kier molecular flexibility index (Phi) is 4.37. The number of hydrogen-bond acceptors (Lipinski definition) is 4. The third-order valence-corrected chi connectivity index (χ3v) is 3.41. The first-order chi connectivity index (χ1) is 8.99. The molecule has 6 heteroatoms. The predicted octanol–water partition coefficient (Wildman–Crippen LogP) is 1.75. The van der Waals surface area contributed by atoms with Gasteiger partial charge >= 0.3 is 0 Å². The van der Waals surface area contributed by atoms with Gasteiger partial charge in [0.05, 0.1) is 17.3 Å². The van der Waals surface area contributed by atoms with Gasteiger partial charge in [0.15, 0.2) is 0 Å². The monoisotopic (exact) mass is 283 g/mol. The third kappa shape index (κ3) is 3.64. The largest absolute Gasteiger partial charge is 0.391 e. The minimum atomic E-state index is -0.478. The highest BCUT2D eigenvalue weighted by atomic mass is 35.5. The van der Waals surface area contributed by atoms with Crippen molar-refractivity contribution in [2.45, 2.75) is 38.7 Å². The van der Waals surface area contributed by atoms with E-state index in [9.17, 15) is 9.90 Å². The van der Waals surface area contributed by atoms with E-state index in [4.69, 9.17) is 11.6 Å². The molecule has 1 atom stereocenters. The van der Waals surface area contributed by atoms with E-state index in [1.54, 1.807) is 0 Å². The Bertz CT molecular complexity index is 475. The number of nitrogens with one attached hydrogen (secondary N) is 1. The van der Waals surface area contributed by atoms with Crippen molar-refractivity contribution in [2.24, 2.45) is 5.92 Å². The maximum Gasteiger partial charge on any atom is 0.271 e. The van der Waals surface area contributed by atoms with Gasteiger partial charge in [-0.2, -0.15) is 0 Å². The molecule has 0 bridgehead atoms. The summed E-state index contributed by atoms with van der Waals surface area (Å²) in [6, 6.07) is 0. The molecule has 0 radical (unpaired) electrons. The molecule has 1 fully saturated rings. The average molecular weight is 284 g/mol. The Morgan fingerprint density at radius 1 is 1.58 bits per heavy atom. The van der Waals surface area contributed by atoms with Crippen LogP contribution in [0.3, 0.4) is 0 Å². The summed E-state index contributed by atoms with van der Waals surface area (Å²) in [7, 11) is 0. The highest BCUT2D eigenvalue weighted by Crippen LogP contribution is 2.32. The molecule has 1 saturated carbocycles. The maximum absolute atomic E-state index is 12.0. The molecule has 1 aromatic rings. The molecule has 1 amide bonds. The smallest absolute Gasteiger partial charge is 0.271 e. The highest BCUT2D eigenvalue weighted by Gasteiger charge is 2.30. The Hall–Kier alpha value is -1.20. The second-order valence-electron chi connectivity index (χ2n) is 5.19. The van der Waals surface area contributed by atoms with Crippen molar-refractivity contribution in [2.75, 3.05) is 6.54 Å². The van der Waals surface area contributed by atoms with E-state index in [1.807, 2.05) is 13.8 Å². The fraction of sp³-hybridized carbons (Fsp3) is 0.615. The summed E-state index contributed by atoms with van der Waals surface area (Å²) in [5.41, 5.74) is 0.170. The zero-order valence-corrected chi connectivity index (χ0v) is 11.8. The fourth-order valence-electron chi connectivity index (χ4n) is 1.75. The van der Waals surface area contributed by atoms with Crippen LogP contribution in [0.2, 0.25) is 5.02 Å². The number of halogens is 1. The number of aliphatic hydroxyl groups excluding tert-OH is 1. The Labute approximate surface area is 117 Å². The Morgan fingerprint density at radius 2 is 2.26 bits per heavy atom. The van der Waals surface area contributed by atoms with Crippen LogP contribution in [0.15, 0.2) is 6.20 Å². The molecule has 1 heterocycles. The fourth-order valence-corrected chi connectivity index (χ4v) is 1.92. The van der Waals surface area contributed by atoms with Crippen LogP contribution in [0.4, 0.5) is 0 Å². The molecule has 0 saturated heterocycles. The van der Waals surface area contributed by atoms with Gasteiger partial charge in [-0.25, -0.2) is 9.97 Å². The van der Waals surface area contributed by atoms with Gasteiger partial charge in [0.2, 0.25) is 0 Å². The summed E-state index contributed by atoms with van der Waals surface area (Å²) in [6.45, 7) is 4.13. The Morgan fingerprint density at radius 3 is 2.84 bits per heavy atom. The van der Waals surface area contributed by atoms with Crippen molar-refractivity contribution in [1.29, 1.82) is 0 Å². The summed E-state index contributed by atoms with van der Waals surface area (Å²) < 4.78 is 0. The number of hydrogen-bond donors (Lipinski definition) is 2. The number of aromatic nitrogens is 2. The van der Waals surface area contributed by atoms with Crippen molar-refractivity contribution in [3.63, 3.8) is 0 Å². The van der Waals surface area contributed by atoms with Gasteiger partial charge in [-0.3, -0.25) is 4.79 Å². The summed E-state index contributed by atoms with van der Waals surface area (Å²) in [6.07, 6.45) is 3.02. The third-order valence-electron chi connectivity index (χ3n) is 3.13. The van der Waals surface area contributed by atoms with Crippen LogP contribution >= 0.6 is 11.6 Å². The number of carbonyl (C=O) groups is 1. The van der Waals surface area contributed by atoms with Gasteiger partial charge in [0.1, 0.15) is 11.5 Å². The molecule has 1 unspecified atom stereocenters. The number of amides is 1. The average Bonchev–Trinajstić information content (AvgIpc) is 3.20. The van der Waals surface area contributed by atoms with E-state index in [1.165, 1.54) is 6.20 Å². The first-order valence-electron chi connectivity index (χ1n) is 6.47. The van der Waals surface area contributed by atoms with Gasteiger partial charge in [-0.05, 0) is 18.8 Å². The van der Waals surface area contributed by atoms with Gasteiger partial charge in [0, 0.05) is 12.5 Å². The maximum atomic E-state index is 12.0. The lowest BCUT2D eigenvalue weighted by atomic mass is 10.2. The number of rotatable bonds is 5. The molecule has 1 aromatic heterocycles. The molecule has 0 spiro atoms. The minimum absolute atomic E-state index is 0.126. The molecule has 2 N–H and O–H groups in total. The van der Waals surface area contributed by atoms with Gasteiger partial charge in [-0.15, -0.1) is 0 Å². The normalized spacial score (nSPS) is 16.5. The lowest BCUT2D eigenvalue weighted by Crippen LogP contribution is -2.34. The van der Waals surface area contributed by atoms with Crippen molar-refractivity contribution in [1.82, 2.24) is 15.3 Å². The van der Waals surface area contributed by atoms with Crippen LogP contribution < -0.4 is 5.32 Å². The number of aliphatic hydroxyl groups is 1. The van der Waals surface area contributed by atoms with Crippen LogP contribution in [-0.2, 0) is 0 Å². The summed E-state index contributed by atoms with van der Waals surface area (Å²) in [5, 5.41) is 12.6. The minimum Gasteiger partial charge on any atom is -0.391 e. The highest BCUT2D eigenvalue weighted by molar-refractivity contribution is 6.33. The van der Waals surface area contributed by atoms with E-state index in [-0.39, 0.29) is 29.1 Å². The van der Waals surface area contributed by atoms with Crippen LogP contribution in [0, 0.1) is 5.92 Å². The molecular formula is C13H18ClN3O2. The van der Waals surface area contributed by atoms with E-state index in [2.05, 4.69) is 15.3 Å². The predicted molar refractivity (Wildman–Crippen MR) is 72.2 cm³/mol. The lowest BCUT2D eigenvalue weighted by molar-refractivity contribution is 0.0896. The van der Waals surface area contributed by atoms with Gasteiger partial charge in [0.25, 0.3) is 5.91 Å². The van der Waals surface area contributed by atoms with Crippen molar-refractivity contribution < 1.29 is 9.90 Å². The SMILES string of the molecule is CC(C)c1ncc(Cl)c(C(=O)NCC(O)C2CC2)n1. The molecule has 19 heavy (non-hydrogen) atoms. The van der Waals surface area contributed by atoms with Crippen molar-refractivity contribution in [3.05, 3.63) is 22.7 Å². The van der Waals surface area contributed by atoms with Crippen LogP contribution in [0.25, 0.3) is 0 Å². The molecule has 0 aromatic carbocycles. The summed E-state index contributed by atoms with van der Waals surface area (Å²) >= 11 is 5.94. The van der Waals surface area contributed by atoms with E-state index in [0.29, 0.717) is 11.7 Å². The van der Waals surface area contributed by atoms with E-state index < -0.39 is 6.10 Å². The molecule has 5 nitrogen and oxygen atoms in total. The topological polar surface area (TPSA) is 75.1 Å². The molecule has 1 aliphatic rings. The number of carbonyl (C=O) groups excluding carboxylic acids is 1. The number of nitrogens with zero attached hydrogens (tertiary/aromatic N) is 2. The first kappa shape index (κ1) is 14.2. The van der Waals surface area contributed by atoms with E-state index in [0.717, 1.165) is 12.8 Å². The second kappa shape index (κ2) is 5.84. The zero-order chi connectivity index (χ0) is 14.0. The van der Waals surface area contributed by atoms with Crippen molar-refractivity contribution in [3.8, 4) is 0 Å². The summed E-state index contributed by atoms with van der Waals surface area (Å²) in [4.78, 5) is 20.2. The van der Waals surface area contributed by atoms with E-state index >= 15 is 0 Å². The standard InChI is InChI=1S/C13H18ClN3O2/c1-7(2)12-15-5-9(14)11(17-12)13(19)16-6-10(18)8-3-4-8/h5,7-8,10,18H,3-4,6H2,1-2H3,(H,16,19). The molecular weight excluding hydrogens is 266 g/mol. The molecule has 1 aliphatic carbocycles. The lowest BCUT2D eigenvalue weighted by Gasteiger charge is -2.12. The van der Waals surface area contributed by atoms with Crippen LogP contribution in [-0.4, -0.2) is 33.6 Å². The van der Waals surface area contributed by atoms with Crippen molar-refractivity contribution >= 4 is 17.5 Å². The molecule has 0 aliphatic heterocycles. The summed E-state index contributed by atoms with van der Waals surface area (Å²) in [5.74, 6) is 0.666. The van der Waals surface area contributed by atoms with Crippen LogP contribution in [0.5, 0.6) is 0 Å². The van der Waals surface area contributed by atoms with Crippen LogP contribution in [0.1, 0.15) is 48.9 Å². The first-order valence-corrected chi connectivity index (χ1v) is 6.85. The molecule has 104 valence electrons. The van der Waals surface area contributed by atoms with Gasteiger partial charge < -0.3 is 10.4 Å². The van der Waals surface area contributed by atoms with Gasteiger partial charge in [-0.1, -0.05) is 25.4 Å².